The molecule has 1 unspecified atom stereocenters. The quantitative estimate of drug-likeness (QED) is 0.708. The van der Waals surface area contributed by atoms with Crippen LogP contribution in [0.5, 0.6) is 0 Å². The van der Waals surface area contributed by atoms with E-state index in [2.05, 4.69) is 36.4 Å². The Kier molecular flexibility index (Phi) is 2.49. The standard InChI is InChI=1S/C13H14O/c1-10(14)6-7-12-9-8-11-4-2-3-5-13(11)12/h2-5,8-9,12H,6-7H2,1H3. The number of benzene rings is 1. The van der Waals surface area contributed by atoms with E-state index in [1.165, 1.54) is 11.1 Å². The van der Waals surface area contributed by atoms with Crippen LogP contribution >= 0.6 is 0 Å². The fraction of sp³-hybridized carbons (Fsp3) is 0.308. The van der Waals surface area contributed by atoms with Gasteiger partial charge in [0.15, 0.2) is 0 Å². The number of Topliss-reactive ketones (excluding diaryl/α,β-unsaturated/α-hetero) is 1. The van der Waals surface area contributed by atoms with Gasteiger partial charge in [-0.3, -0.25) is 0 Å². The maximum atomic E-state index is 10.9. The Balaban J connectivity index is 2.11. The second-order valence-corrected chi connectivity index (χ2v) is 3.84. The van der Waals surface area contributed by atoms with E-state index in [0.717, 1.165) is 6.42 Å². The molecule has 0 radical (unpaired) electrons. The summed E-state index contributed by atoms with van der Waals surface area (Å²) in [5, 5.41) is 0. The van der Waals surface area contributed by atoms with Crippen LogP contribution in [0.2, 0.25) is 0 Å². The fourth-order valence-electron chi connectivity index (χ4n) is 1.93. The van der Waals surface area contributed by atoms with Crippen molar-refractivity contribution in [2.45, 2.75) is 25.7 Å². The van der Waals surface area contributed by atoms with Crippen molar-refractivity contribution >= 4 is 11.9 Å². The number of hydrogen-bond donors (Lipinski definition) is 0. The monoisotopic (exact) mass is 186 g/mol. The zero-order valence-electron chi connectivity index (χ0n) is 8.36. The van der Waals surface area contributed by atoms with Crippen LogP contribution < -0.4 is 0 Å². The smallest absolute Gasteiger partial charge is 0.129 e. The summed E-state index contributed by atoms with van der Waals surface area (Å²) in [6.07, 6.45) is 5.99. The minimum Gasteiger partial charge on any atom is -0.300 e. The Hall–Kier alpha value is -1.37. The van der Waals surface area contributed by atoms with E-state index in [4.69, 9.17) is 0 Å². The zero-order valence-corrected chi connectivity index (χ0v) is 8.36. The summed E-state index contributed by atoms with van der Waals surface area (Å²) in [6, 6.07) is 8.39. The van der Waals surface area contributed by atoms with Crippen LogP contribution in [-0.4, -0.2) is 5.78 Å². The van der Waals surface area contributed by atoms with Crippen molar-refractivity contribution in [3.63, 3.8) is 0 Å². The maximum Gasteiger partial charge on any atom is 0.129 e. The van der Waals surface area contributed by atoms with Gasteiger partial charge in [-0.2, -0.15) is 0 Å². The molecule has 1 heteroatoms. The predicted octanol–water partition coefficient (Wildman–Crippen LogP) is 3.17. The predicted molar refractivity (Wildman–Crippen MR) is 58.1 cm³/mol. The lowest BCUT2D eigenvalue weighted by atomic mass is 9.95. The third-order valence-electron chi connectivity index (χ3n) is 2.71. The van der Waals surface area contributed by atoms with Crippen molar-refractivity contribution in [3.05, 3.63) is 41.5 Å². The lowest BCUT2D eigenvalue weighted by molar-refractivity contribution is -0.117. The molecule has 0 heterocycles. The molecule has 0 spiro atoms. The Morgan fingerprint density at radius 1 is 1.36 bits per heavy atom. The number of hydrogen-bond acceptors (Lipinski definition) is 1. The number of carbonyl (C=O) groups excluding carboxylic acids is 1. The number of allylic oxidation sites excluding steroid dienone is 1. The van der Waals surface area contributed by atoms with Crippen LogP contribution in [0.1, 0.15) is 36.8 Å². The molecule has 1 atom stereocenters. The molecule has 1 aromatic rings. The molecule has 0 saturated heterocycles. The Bertz CT molecular complexity index is 377. The average Bonchev–Trinajstić information content (AvgIpc) is 2.58. The van der Waals surface area contributed by atoms with Crippen LogP contribution in [0, 0.1) is 0 Å². The van der Waals surface area contributed by atoms with Gasteiger partial charge < -0.3 is 4.79 Å². The lowest BCUT2D eigenvalue weighted by Gasteiger charge is -2.08. The first kappa shape index (κ1) is 9.20. The Labute approximate surface area is 84.5 Å². The molecular weight excluding hydrogens is 172 g/mol. The molecule has 0 aliphatic heterocycles. The number of ketones is 1. The number of fused-ring (bicyclic) bond motifs is 1. The Morgan fingerprint density at radius 3 is 2.93 bits per heavy atom. The summed E-state index contributed by atoms with van der Waals surface area (Å²) >= 11 is 0. The summed E-state index contributed by atoms with van der Waals surface area (Å²) in [4.78, 5) is 10.9. The van der Waals surface area contributed by atoms with Crippen molar-refractivity contribution in [1.29, 1.82) is 0 Å². The van der Waals surface area contributed by atoms with Crippen LogP contribution in [0.3, 0.4) is 0 Å². The molecule has 2 rings (SSSR count). The largest absolute Gasteiger partial charge is 0.300 e. The molecular formula is C13H14O. The van der Waals surface area contributed by atoms with Crippen LogP contribution in [0.4, 0.5) is 0 Å². The summed E-state index contributed by atoms with van der Waals surface area (Å²) in [5.41, 5.74) is 2.68. The normalized spacial score (nSPS) is 18.2. The SMILES string of the molecule is CC(=O)CCC1C=Cc2ccccc21. The van der Waals surface area contributed by atoms with Crippen LogP contribution in [0.15, 0.2) is 30.3 Å². The Morgan fingerprint density at radius 2 is 2.14 bits per heavy atom. The summed E-state index contributed by atoms with van der Waals surface area (Å²) in [6.45, 7) is 1.66. The third-order valence-corrected chi connectivity index (χ3v) is 2.71. The van der Waals surface area contributed by atoms with Gasteiger partial charge in [0.05, 0.1) is 0 Å². The summed E-state index contributed by atoms with van der Waals surface area (Å²) in [7, 11) is 0. The van der Waals surface area contributed by atoms with Gasteiger partial charge in [-0.05, 0) is 24.5 Å². The highest BCUT2D eigenvalue weighted by Crippen LogP contribution is 2.32. The van der Waals surface area contributed by atoms with Gasteiger partial charge >= 0.3 is 0 Å². The second kappa shape index (κ2) is 3.79. The first-order valence-corrected chi connectivity index (χ1v) is 5.04. The van der Waals surface area contributed by atoms with E-state index >= 15 is 0 Å². The molecule has 0 aromatic heterocycles. The molecule has 1 aliphatic rings. The first-order chi connectivity index (χ1) is 6.77. The summed E-state index contributed by atoms with van der Waals surface area (Å²) < 4.78 is 0. The third kappa shape index (κ3) is 1.77. The van der Waals surface area contributed by atoms with E-state index in [1.807, 2.05) is 0 Å². The molecule has 1 nitrogen and oxygen atoms in total. The molecule has 0 amide bonds. The first-order valence-electron chi connectivity index (χ1n) is 5.04. The number of rotatable bonds is 3. The minimum absolute atomic E-state index is 0.280. The van der Waals surface area contributed by atoms with E-state index in [1.54, 1.807) is 6.92 Å². The van der Waals surface area contributed by atoms with Gasteiger partial charge in [0.25, 0.3) is 0 Å². The minimum atomic E-state index is 0.280. The second-order valence-electron chi connectivity index (χ2n) is 3.84. The zero-order chi connectivity index (χ0) is 9.97. The number of carbonyl (C=O) groups is 1. The van der Waals surface area contributed by atoms with Gasteiger partial charge in [-0.1, -0.05) is 36.4 Å². The maximum absolute atomic E-state index is 10.9. The molecule has 0 bridgehead atoms. The molecule has 1 aliphatic carbocycles. The molecule has 1 aromatic carbocycles. The van der Waals surface area contributed by atoms with Crippen molar-refractivity contribution < 1.29 is 4.79 Å². The van der Waals surface area contributed by atoms with Crippen LogP contribution in [-0.2, 0) is 4.79 Å². The average molecular weight is 186 g/mol. The van der Waals surface area contributed by atoms with E-state index in [0.29, 0.717) is 12.3 Å². The van der Waals surface area contributed by atoms with Crippen molar-refractivity contribution in [2.75, 3.05) is 0 Å². The topological polar surface area (TPSA) is 17.1 Å². The highest BCUT2D eigenvalue weighted by molar-refractivity contribution is 5.75. The van der Waals surface area contributed by atoms with E-state index < -0.39 is 0 Å². The van der Waals surface area contributed by atoms with Crippen LogP contribution in [0.25, 0.3) is 6.08 Å². The molecule has 72 valence electrons. The molecule has 0 N–H and O–H groups in total. The van der Waals surface area contributed by atoms with Gasteiger partial charge in [0.1, 0.15) is 5.78 Å². The summed E-state index contributed by atoms with van der Waals surface area (Å²) in [5.74, 6) is 0.734. The molecule has 0 saturated carbocycles. The van der Waals surface area contributed by atoms with E-state index in [-0.39, 0.29) is 5.78 Å². The molecule has 14 heavy (non-hydrogen) atoms. The fourth-order valence-corrected chi connectivity index (χ4v) is 1.93. The van der Waals surface area contributed by atoms with E-state index in [9.17, 15) is 4.79 Å². The highest BCUT2D eigenvalue weighted by Gasteiger charge is 2.16. The van der Waals surface area contributed by atoms with Gasteiger partial charge in [0.2, 0.25) is 0 Å². The highest BCUT2D eigenvalue weighted by atomic mass is 16.1. The van der Waals surface area contributed by atoms with Crippen molar-refractivity contribution in [3.8, 4) is 0 Å². The van der Waals surface area contributed by atoms with Gasteiger partial charge in [-0.25, -0.2) is 0 Å². The van der Waals surface area contributed by atoms with Crippen molar-refractivity contribution in [1.82, 2.24) is 0 Å². The van der Waals surface area contributed by atoms with Crippen molar-refractivity contribution in [2.24, 2.45) is 0 Å². The molecule has 0 fully saturated rings. The van der Waals surface area contributed by atoms with Gasteiger partial charge in [0, 0.05) is 12.3 Å². The van der Waals surface area contributed by atoms with Gasteiger partial charge in [-0.15, -0.1) is 0 Å². The lowest BCUT2D eigenvalue weighted by Crippen LogP contribution is -1.97.